The minimum Gasteiger partial charge on any atom is -0.505 e. The van der Waals surface area contributed by atoms with E-state index in [0.717, 1.165) is 61.2 Å². The number of nitrogens with zero attached hydrogens (tertiary/aromatic N) is 4. The van der Waals surface area contributed by atoms with E-state index in [0.29, 0.717) is 28.8 Å². The van der Waals surface area contributed by atoms with Gasteiger partial charge in [0.15, 0.2) is 23.0 Å². The van der Waals surface area contributed by atoms with Crippen LogP contribution in [0.3, 0.4) is 0 Å². The molecule has 60 heavy (non-hydrogen) atoms. The maximum atomic E-state index is 14.7. The fourth-order valence-corrected chi connectivity index (χ4v) is 10.2. The fraction of sp³-hybridized carbons (Fsp3) is 0. The maximum Gasteiger partial charge on any atom is 0.235 e. The number of phenols is 1. The molecule has 2 aliphatic heterocycles. The van der Waals surface area contributed by atoms with E-state index < -0.39 is 11.6 Å². The van der Waals surface area contributed by atoms with Gasteiger partial charge in [0.05, 0.1) is 27.9 Å². The zero-order valence-corrected chi connectivity index (χ0v) is 32.0. The van der Waals surface area contributed by atoms with Gasteiger partial charge in [-0.2, -0.15) is 0 Å². The molecule has 0 spiro atoms. The van der Waals surface area contributed by atoms with Crippen LogP contribution in [0.2, 0.25) is 0 Å². The number of phenolic OH excluding ortho intramolecular Hbond substituents is 1. The number of rotatable bonds is 3. The van der Waals surface area contributed by atoms with Gasteiger partial charge >= 0.3 is 0 Å². The Hall–Kier alpha value is -7.82. The SMILES string of the molecule is Oc1cc(F)cc2c1N1c3ccc(F)cc3Oc3cc(-c4ccc5c(c4)c4ccccc4n5-c4nc(-c5cccc6c5sc5ccccc56)c5ccccc5n4)cc(c31)O2. The number of anilines is 3. The van der Waals surface area contributed by atoms with E-state index in [1.165, 1.54) is 38.4 Å². The summed E-state index contributed by atoms with van der Waals surface area (Å²) < 4.78 is 46.5. The van der Waals surface area contributed by atoms with Crippen LogP contribution in [0, 0.1) is 11.6 Å². The van der Waals surface area contributed by atoms with Gasteiger partial charge in [-0.15, -0.1) is 11.3 Å². The van der Waals surface area contributed by atoms with Crippen molar-refractivity contribution in [1.29, 1.82) is 0 Å². The smallest absolute Gasteiger partial charge is 0.235 e. The molecule has 5 heterocycles. The van der Waals surface area contributed by atoms with Crippen molar-refractivity contribution in [3.8, 4) is 57.1 Å². The molecule has 2 aliphatic rings. The standard InChI is InChI=1S/C50H26F2N4O3S/c51-28-17-19-39-41(24-28)58-42-21-27(22-43-48(42)56(39)47-40(57)23-29(52)25-44(47)59-43)26-16-18-38-35(20-26)30-8-2-5-14-37(30)55(38)50-53-36-13-4-1-10-33(36)46(54-50)34-12-7-11-32-31-9-3-6-15-45(31)60-49(32)34/h1-25,57H. The van der Waals surface area contributed by atoms with Crippen molar-refractivity contribution < 1.29 is 23.4 Å². The van der Waals surface area contributed by atoms with E-state index in [9.17, 15) is 13.9 Å². The van der Waals surface area contributed by atoms with Gasteiger partial charge in [0.2, 0.25) is 5.95 Å². The van der Waals surface area contributed by atoms with Crippen LogP contribution >= 0.6 is 11.3 Å². The van der Waals surface area contributed by atoms with E-state index in [1.807, 2.05) is 48.5 Å². The highest BCUT2D eigenvalue weighted by Gasteiger charge is 2.37. The normalized spacial score (nSPS) is 12.8. The summed E-state index contributed by atoms with van der Waals surface area (Å²) in [5, 5.41) is 16.4. The van der Waals surface area contributed by atoms with Crippen LogP contribution < -0.4 is 14.4 Å². The van der Waals surface area contributed by atoms with Crippen LogP contribution in [0.5, 0.6) is 28.7 Å². The zero-order valence-electron chi connectivity index (χ0n) is 31.2. The van der Waals surface area contributed by atoms with E-state index in [1.54, 1.807) is 22.3 Å². The second-order valence-electron chi connectivity index (χ2n) is 15.0. The second kappa shape index (κ2) is 12.1. The number of thiophene rings is 1. The Labute approximate surface area is 343 Å². The molecule has 0 amide bonds. The highest BCUT2D eigenvalue weighted by Crippen LogP contribution is 2.62. The van der Waals surface area contributed by atoms with Crippen molar-refractivity contribution in [3.63, 3.8) is 0 Å². The Morgan fingerprint density at radius 3 is 2.13 bits per heavy atom. The van der Waals surface area contributed by atoms with Gasteiger partial charge in [-0.1, -0.05) is 78.9 Å². The molecule has 0 atom stereocenters. The zero-order chi connectivity index (χ0) is 39.8. The highest BCUT2D eigenvalue weighted by molar-refractivity contribution is 7.26. The van der Waals surface area contributed by atoms with E-state index in [2.05, 4.69) is 77.4 Å². The molecule has 0 saturated carbocycles. The lowest BCUT2D eigenvalue weighted by atomic mass is 9.99. The lowest BCUT2D eigenvalue weighted by Gasteiger charge is -2.38. The number of aromatic hydroxyl groups is 1. The van der Waals surface area contributed by atoms with Gasteiger partial charge in [-0.3, -0.25) is 9.47 Å². The quantitative estimate of drug-likeness (QED) is 0.192. The summed E-state index contributed by atoms with van der Waals surface area (Å²) >= 11 is 1.78. The number of hydrogen-bond donors (Lipinski definition) is 1. The molecule has 8 aromatic carbocycles. The molecule has 0 aliphatic carbocycles. The summed E-state index contributed by atoms with van der Waals surface area (Å²) in [6.45, 7) is 0. The summed E-state index contributed by atoms with van der Waals surface area (Å²) in [5.74, 6) is 0.264. The molecule has 0 radical (unpaired) electrons. The molecule has 0 fully saturated rings. The van der Waals surface area contributed by atoms with Gasteiger partial charge in [0, 0.05) is 60.1 Å². The molecule has 1 N–H and O–H groups in total. The lowest BCUT2D eigenvalue weighted by molar-refractivity contribution is 0.427. The molecule has 10 heteroatoms. The van der Waals surface area contributed by atoms with Crippen molar-refractivity contribution in [1.82, 2.24) is 14.5 Å². The van der Waals surface area contributed by atoms with Crippen LogP contribution in [0.4, 0.5) is 25.8 Å². The summed E-state index contributed by atoms with van der Waals surface area (Å²) in [5.41, 5.74) is 7.48. The molecule has 0 unspecified atom stereocenters. The third-order valence-electron chi connectivity index (χ3n) is 11.6. The van der Waals surface area contributed by atoms with Crippen molar-refractivity contribution >= 4 is 81.3 Å². The topological polar surface area (TPSA) is 72.6 Å². The van der Waals surface area contributed by atoms with Crippen LogP contribution in [0.25, 0.3) is 81.2 Å². The van der Waals surface area contributed by atoms with Crippen molar-refractivity contribution in [2.24, 2.45) is 0 Å². The van der Waals surface area contributed by atoms with Crippen molar-refractivity contribution in [2.75, 3.05) is 4.90 Å². The third kappa shape index (κ3) is 4.67. The number of hydrogen-bond acceptors (Lipinski definition) is 7. The molecular formula is C50H26F2N4O3S. The molecule has 284 valence electrons. The monoisotopic (exact) mass is 800 g/mol. The average Bonchev–Trinajstić information content (AvgIpc) is 3.81. The molecule has 7 nitrogen and oxygen atoms in total. The molecule has 3 aromatic heterocycles. The molecule has 0 saturated heterocycles. The summed E-state index contributed by atoms with van der Waals surface area (Å²) in [4.78, 5) is 12.3. The van der Waals surface area contributed by atoms with Crippen LogP contribution in [-0.2, 0) is 0 Å². The van der Waals surface area contributed by atoms with Gasteiger partial charge in [0.25, 0.3) is 0 Å². The third-order valence-corrected chi connectivity index (χ3v) is 12.8. The fourth-order valence-electron chi connectivity index (χ4n) is 9.00. The van der Waals surface area contributed by atoms with E-state index in [4.69, 9.17) is 19.4 Å². The van der Waals surface area contributed by atoms with Gasteiger partial charge in [-0.25, -0.2) is 18.7 Å². The number of para-hydroxylation sites is 2. The number of aromatic nitrogens is 3. The Morgan fingerprint density at radius 2 is 1.25 bits per heavy atom. The Bertz CT molecular complexity index is 3670. The van der Waals surface area contributed by atoms with Crippen LogP contribution in [0.15, 0.2) is 152 Å². The van der Waals surface area contributed by atoms with Crippen LogP contribution in [0.1, 0.15) is 0 Å². The molecular weight excluding hydrogens is 775 g/mol. The predicted molar refractivity (Wildman–Crippen MR) is 234 cm³/mol. The first-order valence-corrected chi connectivity index (χ1v) is 20.1. The number of benzene rings is 8. The first-order chi connectivity index (χ1) is 29.4. The number of halogens is 2. The lowest BCUT2D eigenvalue weighted by Crippen LogP contribution is -2.20. The second-order valence-corrected chi connectivity index (χ2v) is 16.1. The van der Waals surface area contributed by atoms with Gasteiger partial charge in [0.1, 0.15) is 28.8 Å². The maximum absolute atomic E-state index is 14.7. The number of ether oxygens (including phenoxy) is 2. The minimum atomic E-state index is -0.653. The molecule has 13 rings (SSSR count). The van der Waals surface area contributed by atoms with Crippen LogP contribution in [-0.4, -0.2) is 19.6 Å². The Morgan fingerprint density at radius 1 is 0.533 bits per heavy atom. The van der Waals surface area contributed by atoms with Crippen molar-refractivity contribution in [3.05, 3.63) is 163 Å². The predicted octanol–water partition coefficient (Wildman–Crippen LogP) is 14.1. The van der Waals surface area contributed by atoms with Gasteiger partial charge in [-0.05, 0) is 65.7 Å². The molecule has 11 aromatic rings. The Kier molecular flexibility index (Phi) is 6.69. The average molecular weight is 801 g/mol. The number of fused-ring (bicyclic) bond motifs is 11. The van der Waals surface area contributed by atoms with Crippen molar-refractivity contribution in [2.45, 2.75) is 0 Å². The highest BCUT2D eigenvalue weighted by atomic mass is 32.1. The summed E-state index contributed by atoms with van der Waals surface area (Å²) in [6, 6.07) is 47.8. The van der Waals surface area contributed by atoms with Gasteiger partial charge < -0.3 is 14.6 Å². The first kappa shape index (κ1) is 33.2. The summed E-state index contributed by atoms with van der Waals surface area (Å²) in [6.07, 6.45) is 0. The molecule has 0 bridgehead atoms. The first-order valence-electron chi connectivity index (χ1n) is 19.3. The largest absolute Gasteiger partial charge is 0.505 e. The summed E-state index contributed by atoms with van der Waals surface area (Å²) in [7, 11) is 0. The Balaban J connectivity index is 1.00. The minimum absolute atomic E-state index is 0.122. The van der Waals surface area contributed by atoms with E-state index in [-0.39, 0.29) is 22.9 Å². The van der Waals surface area contributed by atoms with E-state index >= 15 is 0 Å².